The molecule has 0 amide bonds. The lowest BCUT2D eigenvalue weighted by Gasteiger charge is -2.14. The molecule has 3 nitrogen and oxygen atoms in total. The summed E-state index contributed by atoms with van der Waals surface area (Å²) in [7, 11) is 0. The van der Waals surface area contributed by atoms with E-state index in [4.69, 9.17) is 16.9 Å². The molecule has 0 aliphatic carbocycles. The maximum Gasteiger partial charge on any atom is 0.417 e. The SMILES string of the molecule is N#Cc1ccc(-c2n[nH]c(-c3ccc(Cl)cc3)c2-c2ccccc2C(F)(F)F)cc1. The van der Waals surface area contributed by atoms with Crippen LogP contribution in [-0.4, -0.2) is 10.2 Å². The number of benzene rings is 3. The van der Waals surface area contributed by atoms with Crippen molar-refractivity contribution >= 4 is 11.6 Å². The molecular formula is C23H13ClF3N3. The third-order valence-corrected chi connectivity index (χ3v) is 4.94. The largest absolute Gasteiger partial charge is 0.417 e. The zero-order valence-electron chi connectivity index (χ0n) is 15.3. The van der Waals surface area contributed by atoms with Crippen LogP contribution >= 0.6 is 11.6 Å². The van der Waals surface area contributed by atoms with Gasteiger partial charge in [-0.3, -0.25) is 5.10 Å². The number of nitriles is 1. The first-order valence-electron chi connectivity index (χ1n) is 8.90. The fraction of sp³-hybridized carbons (Fsp3) is 0.0435. The second kappa shape index (κ2) is 7.69. The minimum Gasteiger partial charge on any atom is -0.277 e. The van der Waals surface area contributed by atoms with Crippen molar-refractivity contribution in [3.63, 3.8) is 0 Å². The van der Waals surface area contributed by atoms with Crippen LogP contribution in [0.5, 0.6) is 0 Å². The molecular weight excluding hydrogens is 411 g/mol. The molecule has 3 aromatic carbocycles. The van der Waals surface area contributed by atoms with Gasteiger partial charge in [-0.05, 0) is 35.9 Å². The van der Waals surface area contributed by atoms with E-state index in [1.165, 1.54) is 12.1 Å². The van der Waals surface area contributed by atoms with E-state index in [-0.39, 0.29) is 5.56 Å². The van der Waals surface area contributed by atoms with E-state index in [0.717, 1.165) is 6.07 Å². The summed E-state index contributed by atoms with van der Waals surface area (Å²) in [6.07, 6.45) is -4.53. The van der Waals surface area contributed by atoms with E-state index < -0.39 is 11.7 Å². The Bertz CT molecular complexity index is 1230. The number of hydrogen-bond acceptors (Lipinski definition) is 2. The number of hydrogen-bond donors (Lipinski definition) is 1. The maximum atomic E-state index is 13.8. The van der Waals surface area contributed by atoms with Crippen LogP contribution in [0.1, 0.15) is 11.1 Å². The highest BCUT2D eigenvalue weighted by Crippen LogP contribution is 2.44. The van der Waals surface area contributed by atoms with Crippen molar-refractivity contribution in [3.8, 4) is 39.7 Å². The van der Waals surface area contributed by atoms with Gasteiger partial charge in [0.25, 0.3) is 0 Å². The number of halogens is 4. The van der Waals surface area contributed by atoms with E-state index >= 15 is 0 Å². The zero-order chi connectivity index (χ0) is 21.3. The van der Waals surface area contributed by atoms with Crippen LogP contribution in [0.15, 0.2) is 72.8 Å². The van der Waals surface area contributed by atoms with Gasteiger partial charge in [0, 0.05) is 21.7 Å². The minimum atomic E-state index is -4.53. The number of H-pyrrole nitrogens is 1. The molecule has 0 spiro atoms. The molecule has 0 saturated heterocycles. The normalized spacial score (nSPS) is 11.3. The standard InChI is InChI=1S/C23H13ClF3N3/c24-17-11-9-16(10-12-17)22-20(18-3-1-2-4-19(18)23(25,26)27)21(29-30-22)15-7-5-14(13-28)6-8-15/h1-12H,(H,29,30). The Hall–Kier alpha value is -3.56. The number of nitrogens with one attached hydrogen (secondary N) is 1. The molecule has 0 radical (unpaired) electrons. The Morgan fingerprint density at radius 2 is 1.50 bits per heavy atom. The average Bonchev–Trinajstić information content (AvgIpc) is 3.18. The van der Waals surface area contributed by atoms with E-state index in [0.29, 0.717) is 38.7 Å². The van der Waals surface area contributed by atoms with Crippen molar-refractivity contribution in [2.24, 2.45) is 0 Å². The highest BCUT2D eigenvalue weighted by atomic mass is 35.5. The molecule has 7 heteroatoms. The smallest absolute Gasteiger partial charge is 0.277 e. The Labute approximate surface area is 175 Å². The fourth-order valence-electron chi connectivity index (χ4n) is 3.29. The van der Waals surface area contributed by atoms with Gasteiger partial charge in [-0.15, -0.1) is 0 Å². The van der Waals surface area contributed by atoms with Crippen molar-refractivity contribution in [2.45, 2.75) is 6.18 Å². The van der Waals surface area contributed by atoms with Crippen LogP contribution in [0.2, 0.25) is 5.02 Å². The van der Waals surface area contributed by atoms with Crippen LogP contribution in [0.4, 0.5) is 13.2 Å². The molecule has 0 bridgehead atoms. The minimum absolute atomic E-state index is 0.0167. The molecule has 30 heavy (non-hydrogen) atoms. The van der Waals surface area contributed by atoms with Crippen LogP contribution in [-0.2, 0) is 6.18 Å². The number of aromatic amines is 1. The van der Waals surface area contributed by atoms with E-state index in [1.54, 1.807) is 54.6 Å². The molecule has 0 fully saturated rings. The highest BCUT2D eigenvalue weighted by Gasteiger charge is 2.35. The van der Waals surface area contributed by atoms with Crippen LogP contribution in [0.3, 0.4) is 0 Å². The number of aromatic nitrogens is 2. The number of alkyl halides is 3. The molecule has 4 aromatic rings. The van der Waals surface area contributed by atoms with Crippen LogP contribution in [0, 0.1) is 11.3 Å². The van der Waals surface area contributed by atoms with Crippen LogP contribution < -0.4 is 0 Å². The molecule has 0 unspecified atom stereocenters. The Morgan fingerprint density at radius 3 is 2.13 bits per heavy atom. The summed E-state index contributed by atoms with van der Waals surface area (Å²) in [5.41, 5.74) is 2.10. The zero-order valence-corrected chi connectivity index (χ0v) is 16.1. The maximum absolute atomic E-state index is 13.8. The monoisotopic (exact) mass is 423 g/mol. The molecule has 1 heterocycles. The third-order valence-electron chi connectivity index (χ3n) is 4.69. The van der Waals surface area contributed by atoms with Crippen molar-refractivity contribution in [2.75, 3.05) is 0 Å². The first-order valence-corrected chi connectivity index (χ1v) is 9.27. The van der Waals surface area contributed by atoms with Gasteiger partial charge in [0.15, 0.2) is 0 Å². The number of nitrogens with zero attached hydrogens (tertiary/aromatic N) is 2. The Morgan fingerprint density at radius 1 is 0.867 bits per heavy atom. The van der Waals surface area contributed by atoms with Crippen molar-refractivity contribution < 1.29 is 13.2 Å². The molecule has 1 N–H and O–H groups in total. The fourth-order valence-corrected chi connectivity index (χ4v) is 3.42. The van der Waals surface area contributed by atoms with Gasteiger partial charge < -0.3 is 0 Å². The molecule has 0 aliphatic heterocycles. The summed E-state index contributed by atoms with van der Waals surface area (Å²) in [4.78, 5) is 0. The lowest BCUT2D eigenvalue weighted by atomic mass is 9.92. The van der Waals surface area contributed by atoms with Crippen LogP contribution in [0.25, 0.3) is 33.6 Å². The summed E-state index contributed by atoms with van der Waals surface area (Å²) in [6.45, 7) is 0. The predicted octanol–water partition coefficient (Wildman–Crippen LogP) is 6.95. The van der Waals surface area contributed by atoms with Crippen molar-refractivity contribution in [3.05, 3.63) is 88.9 Å². The number of rotatable bonds is 3. The van der Waals surface area contributed by atoms with Gasteiger partial charge in [-0.1, -0.05) is 54.1 Å². The quantitative estimate of drug-likeness (QED) is 0.387. The van der Waals surface area contributed by atoms with Gasteiger partial charge in [0.2, 0.25) is 0 Å². The van der Waals surface area contributed by atoms with Gasteiger partial charge in [0.1, 0.15) is 5.69 Å². The predicted molar refractivity (Wildman–Crippen MR) is 110 cm³/mol. The second-order valence-corrected chi connectivity index (χ2v) is 7.00. The first-order chi connectivity index (χ1) is 14.4. The summed E-state index contributed by atoms with van der Waals surface area (Å²) in [6, 6.07) is 20.7. The third kappa shape index (κ3) is 3.68. The lowest BCUT2D eigenvalue weighted by molar-refractivity contribution is -0.137. The van der Waals surface area contributed by atoms with Gasteiger partial charge in [0.05, 0.1) is 22.9 Å². The van der Waals surface area contributed by atoms with Gasteiger partial charge >= 0.3 is 6.18 Å². The molecule has 148 valence electrons. The molecule has 0 atom stereocenters. The highest BCUT2D eigenvalue weighted by molar-refractivity contribution is 6.30. The average molecular weight is 424 g/mol. The molecule has 1 aromatic heterocycles. The Balaban J connectivity index is 2.00. The summed E-state index contributed by atoms with van der Waals surface area (Å²) in [5.74, 6) is 0. The van der Waals surface area contributed by atoms with Crippen molar-refractivity contribution in [1.29, 1.82) is 5.26 Å². The second-order valence-electron chi connectivity index (χ2n) is 6.56. The lowest BCUT2D eigenvalue weighted by Crippen LogP contribution is -2.07. The Kier molecular flexibility index (Phi) is 5.06. The van der Waals surface area contributed by atoms with Gasteiger partial charge in [-0.25, -0.2) is 0 Å². The van der Waals surface area contributed by atoms with E-state index in [2.05, 4.69) is 10.2 Å². The summed E-state index contributed by atoms with van der Waals surface area (Å²) >= 11 is 5.97. The topological polar surface area (TPSA) is 52.5 Å². The first kappa shape index (κ1) is 19.7. The van der Waals surface area contributed by atoms with Crippen molar-refractivity contribution in [1.82, 2.24) is 10.2 Å². The molecule has 4 rings (SSSR count). The van der Waals surface area contributed by atoms with Gasteiger partial charge in [-0.2, -0.15) is 23.5 Å². The summed E-state index contributed by atoms with van der Waals surface area (Å²) < 4.78 is 41.3. The van der Waals surface area contributed by atoms with E-state index in [9.17, 15) is 13.2 Å². The molecule has 0 aliphatic rings. The summed E-state index contributed by atoms with van der Waals surface area (Å²) in [5, 5.41) is 16.8. The molecule has 0 saturated carbocycles. The van der Waals surface area contributed by atoms with E-state index in [1.807, 2.05) is 6.07 Å².